The number of hydrogen-bond donors (Lipinski definition) is 1. The summed E-state index contributed by atoms with van der Waals surface area (Å²) in [5.74, 6) is 0.693. The monoisotopic (exact) mass is 356 g/mol. The SMILES string of the molecule is CCCCCCCCOc1ccc(C(=O)N(CC)CC)cc1N.Cl. The second-order valence-electron chi connectivity index (χ2n) is 5.85. The highest BCUT2D eigenvalue weighted by molar-refractivity contribution is 5.95. The van der Waals surface area contributed by atoms with Gasteiger partial charge in [-0.1, -0.05) is 39.0 Å². The van der Waals surface area contributed by atoms with Crippen molar-refractivity contribution >= 4 is 24.0 Å². The number of benzene rings is 1. The van der Waals surface area contributed by atoms with Crippen molar-refractivity contribution in [3.8, 4) is 5.75 Å². The van der Waals surface area contributed by atoms with Crippen LogP contribution in [0, 0.1) is 0 Å². The summed E-state index contributed by atoms with van der Waals surface area (Å²) in [5, 5.41) is 0. The minimum absolute atomic E-state index is 0. The lowest BCUT2D eigenvalue weighted by atomic mass is 10.1. The number of anilines is 1. The Balaban J connectivity index is 0.00000529. The number of rotatable bonds is 11. The first-order valence-corrected chi connectivity index (χ1v) is 8.95. The minimum Gasteiger partial charge on any atom is -0.491 e. The summed E-state index contributed by atoms with van der Waals surface area (Å²) in [6.45, 7) is 8.25. The number of carbonyl (C=O) groups is 1. The van der Waals surface area contributed by atoms with E-state index in [1.54, 1.807) is 17.0 Å². The van der Waals surface area contributed by atoms with Crippen LogP contribution in [0.5, 0.6) is 5.75 Å². The van der Waals surface area contributed by atoms with Crippen LogP contribution in [-0.4, -0.2) is 30.5 Å². The van der Waals surface area contributed by atoms with Gasteiger partial charge < -0.3 is 15.4 Å². The largest absolute Gasteiger partial charge is 0.491 e. The van der Waals surface area contributed by atoms with Crippen LogP contribution in [0.4, 0.5) is 5.69 Å². The van der Waals surface area contributed by atoms with Gasteiger partial charge in [-0.3, -0.25) is 4.79 Å². The molecule has 0 heterocycles. The maximum atomic E-state index is 12.3. The third-order valence-electron chi connectivity index (χ3n) is 4.06. The van der Waals surface area contributed by atoms with Crippen LogP contribution in [0.3, 0.4) is 0 Å². The molecule has 0 atom stereocenters. The van der Waals surface area contributed by atoms with Crippen LogP contribution >= 0.6 is 12.4 Å². The van der Waals surface area contributed by atoms with E-state index in [4.69, 9.17) is 10.5 Å². The number of nitrogens with zero attached hydrogens (tertiary/aromatic N) is 1. The van der Waals surface area contributed by atoms with Crippen LogP contribution in [0.2, 0.25) is 0 Å². The average Bonchev–Trinajstić information content (AvgIpc) is 2.56. The molecule has 1 aromatic carbocycles. The van der Waals surface area contributed by atoms with Crippen LogP contribution < -0.4 is 10.5 Å². The molecule has 0 aromatic heterocycles. The third kappa shape index (κ3) is 7.43. The van der Waals surface area contributed by atoms with Crippen molar-refractivity contribution in [3.63, 3.8) is 0 Å². The Labute approximate surface area is 153 Å². The van der Waals surface area contributed by atoms with E-state index in [-0.39, 0.29) is 18.3 Å². The number of nitrogen functional groups attached to an aromatic ring is 1. The summed E-state index contributed by atoms with van der Waals surface area (Å²) in [4.78, 5) is 14.1. The molecule has 0 spiro atoms. The Morgan fingerprint density at radius 1 is 1.04 bits per heavy atom. The third-order valence-corrected chi connectivity index (χ3v) is 4.06. The number of ether oxygens (including phenoxy) is 1. The Kier molecular flexibility index (Phi) is 12.2. The first-order valence-electron chi connectivity index (χ1n) is 8.95. The highest BCUT2D eigenvalue weighted by Crippen LogP contribution is 2.23. The van der Waals surface area contributed by atoms with Crippen molar-refractivity contribution in [2.75, 3.05) is 25.4 Å². The van der Waals surface area contributed by atoms with E-state index in [2.05, 4.69) is 6.92 Å². The number of halogens is 1. The van der Waals surface area contributed by atoms with E-state index in [9.17, 15) is 4.79 Å². The smallest absolute Gasteiger partial charge is 0.253 e. The number of carbonyl (C=O) groups excluding carboxylic acids is 1. The lowest BCUT2D eigenvalue weighted by Gasteiger charge is -2.19. The van der Waals surface area contributed by atoms with Gasteiger partial charge in [0.1, 0.15) is 5.75 Å². The first kappa shape index (κ1) is 22.6. The van der Waals surface area contributed by atoms with E-state index in [1.165, 1.54) is 32.1 Å². The summed E-state index contributed by atoms with van der Waals surface area (Å²) in [7, 11) is 0. The van der Waals surface area contributed by atoms with Crippen LogP contribution in [0.1, 0.15) is 69.7 Å². The van der Waals surface area contributed by atoms with Gasteiger partial charge >= 0.3 is 0 Å². The van der Waals surface area contributed by atoms with Gasteiger partial charge in [-0.2, -0.15) is 0 Å². The van der Waals surface area contributed by atoms with E-state index >= 15 is 0 Å². The van der Waals surface area contributed by atoms with Crippen molar-refractivity contribution in [2.45, 2.75) is 59.3 Å². The fraction of sp³-hybridized carbons (Fsp3) is 0.632. The molecule has 0 radical (unpaired) electrons. The lowest BCUT2D eigenvalue weighted by Crippen LogP contribution is -2.30. The summed E-state index contributed by atoms with van der Waals surface area (Å²) in [5.41, 5.74) is 7.19. The van der Waals surface area contributed by atoms with Gasteiger partial charge in [0.2, 0.25) is 0 Å². The maximum absolute atomic E-state index is 12.3. The van der Waals surface area contributed by atoms with E-state index in [0.29, 0.717) is 36.7 Å². The summed E-state index contributed by atoms with van der Waals surface area (Å²) < 4.78 is 5.74. The summed E-state index contributed by atoms with van der Waals surface area (Å²) >= 11 is 0. The Hall–Kier alpha value is -1.42. The van der Waals surface area contributed by atoms with Gasteiger partial charge in [0, 0.05) is 18.7 Å². The van der Waals surface area contributed by atoms with Gasteiger partial charge in [0.25, 0.3) is 5.91 Å². The zero-order chi connectivity index (χ0) is 17.1. The van der Waals surface area contributed by atoms with Gasteiger partial charge in [-0.25, -0.2) is 0 Å². The minimum atomic E-state index is 0. The topological polar surface area (TPSA) is 55.6 Å². The molecule has 5 heteroatoms. The van der Waals surface area contributed by atoms with Crippen LogP contribution in [0.25, 0.3) is 0 Å². The number of amides is 1. The zero-order valence-electron chi connectivity index (χ0n) is 15.3. The molecule has 0 saturated heterocycles. The molecule has 1 aromatic rings. The maximum Gasteiger partial charge on any atom is 0.253 e. The number of nitrogens with two attached hydrogens (primary N) is 1. The molecule has 0 aliphatic heterocycles. The second kappa shape index (κ2) is 12.9. The highest BCUT2D eigenvalue weighted by Gasteiger charge is 2.13. The van der Waals surface area contributed by atoms with Crippen molar-refractivity contribution in [2.24, 2.45) is 0 Å². The Morgan fingerprint density at radius 3 is 2.25 bits per heavy atom. The molecule has 0 aliphatic carbocycles. The second-order valence-corrected chi connectivity index (χ2v) is 5.85. The quantitative estimate of drug-likeness (QED) is 0.452. The Bertz CT molecular complexity index is 476. The molecule has 0 saturated carbocycles. The zero-order valence-corrected chi connectivity index (χ0v) is 16.2. The lowest BCUT2D eigenvalue weighted by molar-refractivity contribution is 0.0773. The van der Waals surface area contributed by atoms with E-state index < -0.39 is 0 Å². The predicted molar refractivity (Wildman–Crippen MR) is 104 cm³/mol. The van der Waals surface area contributed by atoms with Crippen molar-refractivity contribution < 1.29 is 9.53 Å². The van der Waals surface area contributed by atoms with Crippen molar-refractivity contribution in [1.82, 2.24) is 4.90 Å². The normalized spacial score (nSPS) is 10.1. The molecular weight excluding hydrogens is 324 g/mol. The van der Waals surface area contributed by atoms with Gasteiger partial charge in [0.15, 0.2) is 0 Å². The fourth-order valence-corrected chi connectivity index (χ4v) is 2.57. The fourth-order valence-electron chi connectivity index (χ4n) is 2.57. The summed E-state index contributed by atoms with van der Waals surface area (Å²) in [6.07, 6.45) is 7.40. The molecule has 0 aliphatic rings. The predicted octanol–water partition coefficient (Wildman–Crippen LogP) is 4.91. The van der Waals surface area contributed by atoms with Crippen molar-refractivity contribution in [3.05, 3.63) is 23.8 Å². The van der Waals surface area contributed by atoms with E-state index in [1.807, 2.05) is 19.9 Å². The van der Waals surface area contributed by atoms with Gasteiger partial charge in [0.05, 0.1) is 12.3 Å². The molecule has 0 unspecified atom stereocenters. The standard InChI is InChI=1S/C19H32N2O2.ClH/c1-4-7-8-9-10-11-14-23-18-13-12-16(15-17(18)20)19(22)21(5-2)6-3;/h12-13,15H,4-11,14,20H2,1-3H3;1H. The molecule has 138 valence electrons. The van der Waals surface area contributed by atoms with Gasteiger partial charge in [-0.05, 0) is 38.5 Å². The highest BCUT2D eigenvalue weighted by atomic mass is 35.5. The molecule has 0 fully saturated rings. The molecule has 1 amide bonds. The summed E-state index contributed by atoms with van der Waals surface area (Å²) in [6, 6.07) is 5.33. The average molecular weight is 357 g/mol. The molecule has 24 heavy (non-hydrogen) atoms. The molecule has 2 N–H and O–H groups in total. The number of hydrogen-bond acceptors (Lipinski definition) is 3. The first-order chi connectivity index (χ1) is 11.1. The molecule has 0 bridgehead atoms. The van der Waals surface area contributed by atoms with E-state index in [0.717, 1.165) is 6.42 Å². The van der Waals surface area contributed by atoms with Gasteiger partial charge in [-0.15, -0.1) is 12.4 Å². The number of unbranched alkanes of at least 4 members (excludes halogenated alkanes) is 5. The van der Waals surface area contributed by atoms with Crippen LogP contribution in [-0.2, 0) is 0 Å². The van der Waals surface area contributed by atoms with Crippen molar-refractivity contribution in [1.29, 1.82) is 0 Å². The molecule has 1 rings (SSSR count). The molecule has 4 nitrogen and oxygen atoms in total. The van der Waals surface area contributed by atoms with Crippen LogP contribution in [0.15, 0.2) is 18.2 Å². The Morgan fingerprint density at radius 2 is 1.67 bits per heavy atom. The molecular formula is C19H33ClN2O2.